The van der Waals surface area contributed by atoms with Gasteiger partial charge < -0.3 is 9.67 Å². The number of aromatic hydroxyl groups is 1. The maximum absolute atomic E-state index is 12.0. The van der Waals surface area contributed by atoms with E-state index in [0.29, 0.717) is 0 Å². The number of phenols is 1. The van der Waals surface area contributed by atoms with Crippen LogP contribution in [0.1, 0.15) is 130 Å². The fraction of sp³-hybridized carbons (Fsp3) is 0.340. The summed E-state index contributed by atoms with van der Waals surface area (Å²) in [6.45, 7) is 28.8. The molecule has 3 aromatic heterocycles. The largest absolute Gasteiger partial charge is 0.507 e. The van der Waals surface area contributed by atoms with E-state index in [1.165, 1.54) is 22.3 Å². The zero-order valence-electron chi connectivity index (χ0n) is 37.0. The van der Waals surface area contributed by atoms with Gasteiger partial charge in [0.1, 0.15) is 5.75 Å². The Kier molecular flexibility index (Phi) is 12.1. The van der Waals surface area contributed by atoms with Crippen LogP contribution in [0.2, 0.25) is 0 Å². The summed E-state index contributed by atoms with van der Waals surface area (Å²) in [5.74, 6) is 1.53. The molecule has 0 unspecified atom stereocenters. The molecule has 0 aliphatic rings. The minimum absolute atomic E-state index is 0. The number of phenolic OH excluding ortho intramolecular Hbond substituents is 1. The summed E-state index contributed by atoms with van der Waals surface area (Å²) in [5, 5.41) is 12.0. The van der Waals surface area contributed by atoms with Crippen LogP contribution in [0.3, 0.4) is 0 Å². The molecule has 59 heavy (non-hydrogen) atoms. The summed E-state index contributed by atoms with van der Waals surface area (Å²) < 4.78 is 2.26. The van der Waals surface area contributed by atoms with Crippen molar-refractivity contribution < 1.29 is 26.2 Å². The number of pyridine rings is 2. The molecule has 0 bridgehead atoms. The number of aromatic nitrogens is 4. The van der Waals surface area contributed by atoms with Gasteiger partial charge in [0.15, 0.2) is 5.65 Å². The van der Waals surface area contributed by atoms with Gasteiger partial charge in [-0.25, -0.2) is 4.98 Å². The Morgan fingerprint density at radius 2 is 1.19 bits per heavy atom. The molecule has 6 heteroatoms. The molecule has 1 N–H and O–H groups in total. The Hall–Kier alpha value is -4.86. The first-order valence-corrected chi connectivity index (χ1v) is 20.7. The van der Waals surface area contributed by atoms with Gasteiger partial charge in [-0.05, 0) is 97.9 Å². The number of fused-ring (bicyclic) bond motifs is 1. The van der Waals surface area contributed by atoms with Crippen LogP contribution in [0.25, 0.3) is 61.9 Å². The standard InChI is InChI=1S/C53H59N4O.Pt/c1-32(2)40-26-37(34-19-15-14-16-20-34)27-41(33(3)4)47(40)57-49(56-44-23-18-24-54-50(44)57)36-22-17-21-35(25-36)45-30-39(52(8,9)10)31-46(55-45)42-28-38(51(5,6)7)29-43(48(42)58)53(11,12)13;/h14-24,26-33,58H,1-13H3;/q-1;. The zero-order chi connectivity index (χ0) is 41.9. The smallest absolute Gasteiger partial charge is 0.157 e. The second-order valence-electron chi connectivity index (χ2n) is 19.6. The monoisotopic (exact) mass is 962 g/mol. The van der Waals surface area contributed by atoms with E-state index in [9.17, 15) is 5.11 Å². The number of benzene rings is 4. The van der Waals surface area contributed by atoms with Crippen LogP contribution in [-0.2, 0) is 37.3 Å². The third-order valence-corrected chi connectivity index (χ3v) is 11.2. The van der Waals surface area contributed by atoms with Crippen LogP contribution < -0.4 is 0 Å². The summed E-state index contributed by atoms with van der Waals surface area (Å²) in [6.07, 6.45) is 1.85. The molecular weight excluding hydrogens is 904 g/mol. The van der Waals surface area contributed by atoms with Gasteiger partial charge in [-0.1, -0.05) is 144 Å². The SMILES string of the molecule is CC(C)c1cc(-c2ccccc2)cc(C(C)C)c1-n1c(-c2[c-]c(-c3cc(C(C)(C)C)cc(-c4cc(C(C)(C)C)cc(C(C)(C)C)c4O)n3)ccc2)nc2cccnc21.[Pt]. The molecule has 308 valence electrons. The third-order valence-electron chi connectivity index (χ3n) is 11.2. The van der Waals surface area contributed by atoms with Crippen LogP contribution in [0.15, 0.2) is 103 Å². The summed E-state index contributed by atoms with van der Waals surface area (Å²) in [6, 6.07) is 38.0. The van der Waals surface area contributed by atoms with Gasteiger partial charge in [0, 0.05) is 49.8 Å². The van der Waals surface area contributed by atoms with E-state index in [1.54, 1.807) is 0 Å². The van der Waals surface area contributed by atoms with Crippen LogP contribution in [0.5, 0.6) is 5.75 Å². The van der Waals surface area contributed by atoms with Gasteiger partial charge in [0.2, 0.25) is 0 Å². The van der Waals surface area contributed by atoms with Crippen molar-refractivity contribution in [1.82, 2.24) is 19.5 Å². The Morgan fingerprint density at radius 3 is 1.78 bits per heavy atom. The van der Waals surface area contributed by atoms with Crippen LogP contribution in [0, 0.1) is 6.07 Å². The average molecular weight is 963 g/mol. The van der Waals surface area contributed by atoms with Crippen molar-refractivity contribution in [3.63, 3.8) is 0 Å². The van der Waals surface area contributed by atoms with Crippen molar-refractivity contribution in [2.45, 2.75) is 118 Å². The molecule has 0 fully saturated rings. The van der Waals surface area contributed by atoms with Gasteiger partial charge in [-0.2, -0.15) is 0 Å². The molecule has 5 nitrogen and oxygen atoms in total. The molecule has 0 atom stereocenters. The normalized spacial score (nSPS) is 12.4. The van der Waals surface area contributed by atoms with E-state index >= 15 is 0 Å². The van der Waals surface area contributed by atoms with Gasteiger partial charge >= 0.3 is 0 Å². The average Bonchev–Trinajstić information content (AvgIpc) is 3.56. The predicted molar refractivity (Wildman–Crippen MR) is 243 cm³/mol. The molecule has 7 rings (SSSR count). The van der Waals surface area contributed by atoms with Gasteiger partial charge in [0.25, 0.3) is 0 Å². The number of nitrogens with zero attached hydrogens (tertiary/aromatic N) is 4. The zero-order valence-corrected chi connectivity index (χ0v) is 39.3. The fourth-order valence-corrected chi connectivity index (χ4v) is 7.74. The van der Waals surface area contributed by atoms with Crippen molar-refractivity contribution in [2.24, 2.45) is 0 Å². The minimum Gasteiger partial charge on any atom is -0.507 e. The first-order chi connectivity index (χ1) is 27.2. The molecule has 0 saturated carbocycles. The quantitative estimate of drug-likeness (QED) is 0.162. The summed E-state index contributed by atoms with van der Waals surface area (Å²) >= 11 is 0. The van der Waals surface area contributed by atoms with E-state index in [-0.39, 0.29) is 54.9 Å². The second-order valence-corrected chi connectivity index (χ2v) is 19.6. The first-order valence-electron chi connectivity index (χ1n) is 20.7. The Morgan fingerprint density at radius 1 is 0.593 bits per heavy atom. The molecule has 0 aliphatic heterocycles. The van der Waals surface area contributed by atoms with E-state index in [4.69, 9.17) is 15.0 Å². The fourth-order valence-electron chi connectivity index (χ4n) is 7.74. The second kappa shape index (κ2) is 16.3. The predicted octanol–water partition coefficient (Wildman–Crippen LogP) is 14.1. The number of hydrogen-bond acceptors (Lipinski definition) is 4. The Balaban J connectivity index is 0.00000585. The number of rotatable bonds is 7. The van der Waals surface area contributed by atoms with Crippen molar-refractivity contribution in [1.29, 1.82) is 0 Å². The minimum atomic E-state index is -0.264. The van der Waals surface area contributed by atoms with Gasteiger partial charge in [-0.3, -0.25) is 9.97 Å². The molecule has 0 saturated heterocycles. The summed E-state index contributed by atoms with van der Waals surface area (Å²) in [7, 11) is 0. The van der Waals surface area contributed by atoms with E-state index < -0.39 is 0 Å². The molecule has 4 aromatic carbocycles. The molecule has 0 aliphatic carbocycles. The molecular formula is C53H59N4OPt-. The molecule has 0 spiro atoms. The van der Waals surface area contributed by atoms with Crippen LogP contribution in [-0.4, -0.2) is 24.6 Å². The summed E-state index contributed by atoms with van der Waals surface area (Å²) in [4.78, 5) is 15.6. The number of imidazole rings is 1. The van der Waals surface area contributed by atoms with Gasteiger partial charge in [-0.15, -0.1) is 24.3 Å². The van der Waals surface area contributed by atoms with E-state index in [2.05, 4.69) is 186 Å². The molecule has 7 aromatic rings. The van der Waals surface area contributed by atoms with Crippen molar-refractivity contribution in [3.8, 4) is 56.5 Å². The van der Waals surface area contributed by atoms with E-state index in [1.807, 2.05) is 18.3 Å². The maximum atomic E-state index is 12.0. The van der Waals surface area contributed by atoms with Gasteiger partial charge in [0.05, 0.1) is 17.0 Å². The molecule has 0 radical (unpaired) electrons. The van der Waals surface area contributed by atoms with Crippen LogP contribution in [0.4, 0.5) is 0 Å². The van der Waals surface area contributed by atoms with Crippen molar-refractivity contribution in [3.05, 3.63) is 137 Å². The third kappa shape index (κ3) is 8.73. The summed E-state index contributed by atoms with van der Waals surface area (Å²) in [5.41, 5.74) is 14.3. The maximum Gasteiger partial charge on any atom is 0.157 e. The van der Waals surface area contributed by atoms with Crippen LogP contribution >= 0.6 is 0 Å². The molecule has 3 heterocycles. The van der Waals surface area contributed by atoms with Crippen molar-refractivity contribution in [2.75, 3.05) is 0 Å². The van der Waals surface area contributed by atoms with Crippen molar-refractivity contribution >= 4 is 11.2 Å². The Labute approximate surface area is 366 Å². The van der Waals surface area contributed by atoms with E-state index in [0.717, 1.165) is 67.4 Å². The number of hydrogen-bond donors (Lipinski definition) is 1. The topological polar surface area (TPSA) is 63.8 Å². The molecule has 0 amide bonds. The Bertz CT molecular complexity index is 2600. The first kappa shape index (κ1) is 43.7.